The lowest BCUT2D eigenvalue weighted by molar-refractivity contribution is 0.414. The van der Waals surface area contributed by atoms with Crippen LogP contribution < -0.4 is 14.8 Å². The van der Waals surface area contributed by atoms with E-state index in [4.69, 9.17) is 4.74 Å². The molecule has 1 unspecified atom stereocenters. The van der Waals surface area contributed by atoms with Crippen molar-refractivity contribution < 1.29 is 4.74 Å². The Kier molecular flexibility index (Phi) is 3.33. The Labute approximate surface area is 98.5 Å². The van der Waals surface area contributed by atoms with Gasteiger partial charge in [0.2, 0.25) is 0 Å². The van der Waals surface area contributed by atoms with Crippen LogP contribution in [0.2, 0.25) is 0 Å². The zero-order valence-corrected chi connectivity index (χ0v) is 10.3. The van der Waals surface area contributed by atoms with Gasteiger partial charge in [0.05, 0.1) is 12.8 Å². The largest absolute Gasteiger partial charge is 0.497 e. The molecule has 15 heavy (non-hydrogen) atoms. The Hall–Kier alpha value is -0.520. The topological polar surface area (TPSA) is 34.8 Å². The number of nitrogens with zero attached hydrogens (tertiary/aromatic N) is 2. The molecule has 1 atom stereocenters. The normalized spacial score (nSPS) is 19.1. The summed E-state index contributed by atoms with van der Waals surface area (Å²) in [7, 11) is 1.67. The van der Waals surface area contributed by atoms with E-state index in [2.05, 4.69) is 11.8 Å². The summed E-state index contributed by atoms with van der Waals surface area (Å²) >= 11 is 2.55. The van der Waals surface area contributed by atoms with Crippen molar-refractivity contribution in [1.82, 2.24) is 5.14 Å². The molecule has 1 aliphatic rings. The molecule has 0 amide bonds. The number of rotatable bonds is 3. The summed E-state index contributed by atoms with van der Waals surface area (Å²) in [6.07, 6.45) is 0. The Morgan fingerprint density at radius 2 is 2.40 bits per heavy atom. The molecule has 80 valence electrons. The number of ether oxygens (including phenoxy) is 1. The molecule has 0 aromatic heterocycles. The number of thioether (sulfide) groups is 1. The highest BCUT2D eigenvalue weighted by molar-refractivity contribution is 8.16. The SMILES string of the molecule is CCN1c2cc(OC)ccc2SC1S[N]. The lowest BCUT2D eigenvalue weighted by atomic mass is 10.3. The number of hydrogen-bond donors (Lipinski definition) is 0. The van der Waals surface area contributed by atoms with E-state index < -0.39 is 0 Å². The first-order valence-electron chi connectivity index (χ1n) is 4.71. The average molecular weight is 240 g/mol. The van der Waals surface area contributed by atoms with Crippen LogP contribution in [0.1, 0.15) is 6.92 Å². The second-order valence-electron chi connectivity index (χ2n) is 3.15. The molecule has 1 aliphatic heterocycles. The van der Waals surface area contributed by atoms with E-state index in [0.29, 0.717) is 0 Å². The molecule has 1 aromatic carbocycles. The Morgan fingerprint density at radius 1 is 1.60 bits per heavy atom. The van der Waals surface area contributed by atoms with Gasteiger partial charge < -0.3 is 9.64 Å². The molecule has 0 bridgehead atoms. The fourth-order valence-electron chi connectivity index (χ4n) is 1.63. The van der Waals surface area contributed by atoms with Gasteiger partial charge in [-0.05, 0) is 31.0 Å². The monoisotopic (exact) mass is 240 g/mol. The third-order valence-corrected chi connectivity index (χ3v) is 4.43. The quantitative estimate of drug-likeness (QED) is 0.761. The molecule has 0 aliphatic carbocycles. The highest BCUT2D eigenvalue weighted by atomic mass is 32.2. The van der Waals surface area contributed by atoms with Crippen molar-refractivity contribution in [3.63, 3.8) is 0 Å². The first-order chi connectivity index (χ1) is 7.30. The van der Waals surface area contributed by atoms with Crippen molar-refractivity contribution in [3.05, 3.63) is 18.2 Å². The molecule has 1 heterocycles. The van der Waals surface area contributed by atoms with Crippen LogP contribution in [0.4, 0.5) is 5.69 Å². The van der Waals surface area contributed by atoms with Crippen LogP contribution in [0.5, 0.6) is 5.75 Å². The maximum atomic E-state index is 9.19. The van der Waals surface area contributed by atoms with E-state index in [1.165, 1.54) is 4.90 Å². The molecule has 2 radical (unpaired) electrons. The van der Waals surface area contributed by atoms with Gasteiger partial charge in [-0.15, -0.1) is 0 Å². The first kappa shape index (κ1) is 11.0. The van der Waals surface area contributed by atoms with Crippen molar-refractivity contribution in [2.75, 3.05) is 18.6 Å². The van der Waals surface area contributed by atoms with E-state index in [1.54, 1.807) is 18.9 Å². The number of hydrogen-bond acceptors (Lipinski definition) is 4. The molecule has 0 saturated carbocycles. The summed E-state index contributed by atoms with van der Waals surface area (Å²) in [6, 6.07) is 6.00. The van der Waals surface area contributed by atoms with Gasteiger partial charge in [-0.3, -0.25) is 0 Å². The number of methoxy groups -OCH3 is 1. The van der Waals surface area contributed by atoms with Gasteiger partial charge in [-0.2, -0.15) is 0 Å². The highest BCUT2D eigenvalue weighted by Gasteiger charge is 2.29. The van der Waals surface area contributed by atoms with E-state index in [-0.39, 0.29) is 4.71 Å². The average Bonchev–Trinajstić information content (AvgIpc) is 2.65. The van der Waals surface area contributed by atoms with E-state index in [0.717, 1.165) is 29.9 Å². The Bertz CT molecular complexity index is 359. The summed E-state index contributed by atoms with van der Waals surface area (Å²) < 4.78 is 5.26. The maximum absolute atomic E-state index is 9.19. The van der Waals surface area contributed by atoms with Gasteiger partial charge in [-0.25, -0.2) is 0 Å². The second kappa shape index (κ2) is 4.55. The summed E-state index contributed by atoms with van der Waals surface area (Å²) in [4.78, 5) is 3.36. The van der Waals surface area contributed by atoms with Crippen LogP contribution in [0, 0.1) is 0 Å². The molecule has 0 spiro atoms. The number of benzene rings is 1. The molecule has 1 aromatic rings. The Balaban J connectivity index is 2.36. The van der Waals surface area contributed by atoms with Crippen LogP contribution in [0.3, 0.4) is 0 Å². The van der Waals surface area contributed by atoms with Crippen LogP contribution >= 0.6 is 23.7 Å². The van der Waals surface area contributed by atoms with Gasteiger partial charge in [0, 0.05) is 17.5 Å². The van der Waals surface area contributed by atoms with Crippen molar-refractivity contribution in [3.8, 4) is 5.75 Å². The first-order valence-corrected chi connectivity index (χ1v) is 6.43. The van der Waals surface area contributed by atoms with Crippen LogP contribution in [0.15, 0.2) is 23.1 Å². The minimum absolute atomic E-state index is 0.0668. The third-order valence-electron chi connectivity index (χ3n) is 2.39. The summed E-state index contributed by atoms with van der Waals surface area (Å²) in [6.45, 7) is 2.96. The smallest absolute Gasteiger partial charge is 0.144 e. The van der Waals surface area contributed by atoms with Gasteiger partial charge >= 0.3 is 0 Å². The van der Waals surface area contributed by atoms with Crippen LogP contribution in [-0.2, 0) is 0 Å². The fraction of sp³-hybridized carbons (Fsp3) is 0.400. The van der Waals surface area contributed by atoms with Crippen molar-refractivity contribution >= 4 is 29.4 Å². The van der Waals surface area contributed by atoms with E-state index >= 15 is 0 Å². The number of fused-ring (bicyclic) bond motifs is 1. The zero-order chi connectivity index (χ0) is 10.8. The minimum Gasteiger partial charge on any atom is -0.497 e. The van der Waals surface area contributed by atoms with Gasteiger partial charge in [0.1, 0.15) is 10.5 Å². The molecule has 2 rings (SSSR count). The molecule has 5 heteroatoms. The summed E-state index contributed by atoms with van der Waals surface area (Å²) in [5.74, 6) is 0.858. The third kappa shape index (κ3) is 1.91. The van der Waals surface area contributed by atoms with Crippen molar-refractivity contribution in [2.45, 2.75) is 16.5 Å². The summed E-state index contributed by atoms with van der Waals surface area (Å²) in [5, 5.41) is 9.19. The zero-order valence-electron chi connectivity index (χ0n) is 8.64. The van der Waals surface area contributed by atoms with Crippen molar-refractivity contribution in [1.29, 1.82) is 0 Å². The van der Waals surface area contributed by atoms with Gasteiger partial charge in [0.15, 0.2) is 0 Å². The minimum atomic E-state index is 0.0668. The maximum Gasteiger partial charge on any atom is 0.144 e. The lowest BCUT2D eigenvalue weighted by Gasteiger charge is -2.22. The van der Waals surface area contributed by atoms with Gasteiger partial charge in [-0.1, -0.05) is 16.9 Å². The Morgan fingerprint density at radius 3 is 3.00 bits per heavy atom. The fourth-order valence-corrected chi connectivity index (χ4v) is 3.54. The van der Waals surface area contributed by atoms with Crippen molar-refractivity contribution in [2.24, 2.45) is 0 Å². The summed E-state index contributed by atoms with van der Waals surface area (Å²) in [5.41, 5.74) is 1.15. The second-order valence-corrected chi connectivity index (χ2v) is 5.23. The van der Waals surface area contributed by atoms with Crippen LogP contribution in [0.25, 0.3) is 0 Å². The lowest BCUT2D eigenvalue weighted by Crippen LogP contribution is -2.26. The predicted molar refractivity (Wildman–Crippen MR) is 65.4 cm³/mol. The van der Waals surface area contributed by atoms with E-state index in [9.17, 15) is 5.14 Å². The predicted octanol–water partition coefficient (Wildman–Crippen LogP) is 2.63. The molecular weight excluding hydrogens is 228 g/mol. The van der Waals surface area contributed by atoms with Crippen LogP contribution in [-0.4, -0.2) is 18.4 Å². The number of anilines is 1. The van der Waals surface area contributed by atoms with E-state index in [1.807, 2.05) is 18.2 Å². The molecule has 0 saturated heterocycles. The highest BCUT2D eigenvalue weighted by Crippen LogP contribution is 2.47. The molecule has 0 N–H and O–H groups in total. The molecule has 3 nitrogen and oxygen atoms in total. The molecular formula is C10H12N2OS2. The molecule has 0 fully saturated rings. The standard InChI is InChI=1S/C10H12N2OS2/c1-3-12-8-6-7(13-2)4-5-9(8)14-10(12)15-11/h4-6,10H,3H2,1-2H3. The van der Waals surface area contributed by atoms with Gasteiger partial charge in [0.25, 0.3) is 0 Å².